The lowest BCUT2D eigenvalue weighted by Gasteiger charge is -1.94. The van der Waals surface area contributed by atoms with Gasteiger partial charge in [0.2, 0.25) is 0 Å². The summed E-state index contributed by atoms with van der Waals surface area (Å²) in [6.45, 7) is 0. The van der Waals surface area contributed by atoms with Crippen molar-refractivity contribution in [1.29, 1.82) is 0 Å². The number of rotatable bonds is 2. The van der Waals surface area contributed by atoms with Gasteiger partial charge in [0.25, 0.3) is 0 Å². The van der Waals surface area contributed by atoms with E-state index in [0.717, 1.165) is 8.66 Å². The molecule has 0 radical (unpaired) electrons. The minimum Gasteiger partial charge on any atom is -0.207 e. The van der Waals surface area contributed by atoms with E-state index >= 15 is 0 Å². The third-order valence-corrected chi connectivity index (χ3v) is 2.68. The number of hydrogen-bond acceptors (Lipinski definition) is 1. The third-order valence-electron chi connectivity index (χ3n) is 1.03. The normalized spacial score (nSPS) is 9.80. The summed E-state index contributed by atoms with van der Waals surface area (Å²) in [4.78, 5) is 1.12. The highest BCUT2D eigenvalue weighted by atomic mass is 127. The van der Waals surface area contributed by atoms with Crippen molar-refractivity contribution in [3.8, 4) is 0 Å². The first-order valence-electron chi connectivity index (χ1n) is 2.77. The number of alkyl halides is 1. The van der Waals surface area contributed by atoms with Gasteiger partial charge in [0.1, 0.15) is 5.82 Å². The molecule has 1 aromatic rings. The molecule has 0 heterocycles. The monoisotopic (exact) mass is 268 g/mol. The van der Waals surface area contributed by atoms with Crippen LogP contribution in [0.2, 0.25) is 0 Å². The van der Waals surface area contributed by atoms with Crippen molar-refractivity contribution in [2.75, 3.05) is 3.76 Å². The lowest BCUT2D eigenvalue weighted by molar-refractivity contribution is 0.626. The summed E-state index contributed by atoms with van der Waals surface area (Å²) in [7, 11) is 0. The molecule has 0 unspecified atom stereocenters. The van der Waals surface area contributed by atoms with Crippen LogP contribution in [-0.2, 0) is 0 Å². The molecule has 0 fully saturated rings. The van der Waals surface area contributed by atoms with Crippen LogP contribution in [0.4, 0.5) is 4.39 Å². The molecule has 10 heavy (non-hydrogen) atoms. The van der Waals surface area contributed by atoms with Crippen LogP contribution in [0.1, 0.15) is 0 Å². The van der Waals surface area contributed by atoms with Crippen LogP contribution >= 0.6 is 34.4 Å². The Hall–Kier alpha value is 0.230. The van der Waals surface area contributed by atoms with E-state index in [4.69, 9.17) is 0 Å². The number of halogens is 2. The van der Waals surface area contributed by atoms with Gasteiger partial charge in [0, 0.05) is 4.90 Å². The summed E-state index contributed by atoms with van der Waals surface area (Å²) < 4.78 is 13.3. The zero-order valence-electron chi connectivity index (χ0n) is 5.18. The highest BCUT2D eigenvalue weighted by molar-refractivity contribution is 14.1. The van der Waals surface area contributed by atoms with E-state index in [1.54, 1.807) is 23.9 Å². The summed E-state index contributed by atoms with van der Waals surface area (Å²) in [5, 5.41) is 0. The van der Waals surface area contributed by atoms with E-state index in [9.17, 15) is 4.39 Å². The van der Waals surface area contributed by atoms with Crippen LogP contribution in [-0.4, -0.2) is 3.76 Å². The second kappa shape index (κ2) is 4.18. The summed E-state index contributed by atoms with van der Waals surface area (Å²) in [5.74, 6) is -0.169. The maximum atomic E-state index is 12.3. The summed E-state index contributed by atoms with van der Waals surface area (Å²) >= 11 is 3.97. The van der Waals surface area contributed by atoms with Crippen LogP contribution in [0.5, 0.6) is 0 Å². The second-order valence-electron chi connectivity index (χ2n) is 1.71. The minimum absolute atomic E-state index is 0.169. The van der Waals surface area contributed by atoms with Gasteiger partial charge in [-0.1, -0.05) is 22.6 Å². The molecule has 1 aromatic carbocycles. The molecule has 0 N–H and O–H groups in total. The van der Waals surface area contributed by atoms with Gasteiger partial charge in [-0.05, 0) is 24.3 Å². The quantitative estimate of drug-likeness (QED) is 0.450. The fourth-order valence-electron chi connectivity index (χ4n) is 0.594. The highest BCUT2D eigenvalue weighted by Gasteiger charge is 1.91. The fraction of sp³-hybridized carbons (Fsp3) is 0.143. The molecule has 0 bridgehead atoms. The van der Waals surface area contributed by atoms with Crippen molar-refractivity contribution < 1.29 is 4.39 Å². The Balaban J connectivity index is 2.69. The third kappa shape index (κ3) is 2.46. The van der Waals surface area contributed by atoms with Crippen molar-refractivity contribution in [1.82, 2.24) is 0 Å². The van der Waals surface area contributed by atoms with E-state index in [-0.39, 0.29) is 5.82 Å². The predicted molar refractivity (Wildman–Crippen MR) is 51.1 cm³/mol. The second-order valence-corrected chi connectivity index (χ2v) is 4.55. The van der Waals surface area contributed by atoms with Gasteiger partial charge < -0.3 is 0 Å². The standard InChI is InChI=1S/C7H6FIS/c8-6-1-3-7(4-2-6)10-5-9/h1-4H,5H2. The van der Waals surface area contributed by atoms with Gasteiger partial charge >= 0.3 is 0 Å². The summed E-state index contributed by atoms with van der Waals surface area (Å²) in [6.07, 6.45) is 0. The molecule has 0 aliphatic heterocycles. The molecule has 0 saturated heterocycles. The van der Waals surface area contributed by atoms with Crippen molar-refractivity contribution >= 4 is 34.4 Å². The van der Waals surface area contributed by atoms with Gasteiger partial charge in [-0.3, -0.25) is 0 Å². The van der Waals surface area contributed by atoms with Crippen molar-refractivity contribution in [2.24, 2.45) is 0 Å². The van der Waals surface area contributed by atoms with Gasteiger partial charge in [-0.2, -0.15) is 0 Å². The average Bonchev–Trinajstić information content (AvgIpc) is 1.95. The van der Waals surface area contributed by atoms with Crippen LogP contribution in [0.15, 0.2) is 29.2 Å². The zero-order chi connectivity index (χ0) is 7.40. The molecule has 1 rings (SSSR count). The number of hydrogen-bond donors (Lipinski definition) is 0. The molecule has 3 heteroatoms. The molecule has 0 aliphatic carbocycles. The largest absolute Gasteiger partial charge is 0.207 e. The summed E-state index contributed by atoms with van der Waals surface area (Å²) in [6, 6.07) is 6.54. The molecule has 0 saturated carbocycles. The molecule has 0 nitrogen and oxygen atoms in total. The summed E-state index contributed by atoms with van der Waals surface area (Å²) in [5.41, 5.74) is 0. The predicted octanol–water partition coefficient (Wildman–Crippen LogP) is 3.31. The number of benzene rings is 1. The van der Waals surface area contributed by atoms with E-state index in [1.165, 1.54) is 12.1 Å². The topological polar surface area (TPSA) is 0 Å². The molecular weight excluding hydrogens is 262 g/mol. The van der Waals surface area contributed by atoms with E-state index in [1.807, 2.05) is 0 Å². The molecule has 0 atom stereocenters. The first kappa shape index (κ1) is 8.33. The molecule has 0 spiro atoms. The molecule has 0 aliphatic rings. The Labute approximate surface area is 77.3 Å². The van der Waals surface area contributed by atoms with Crippen LogP contribution in [0.3, 0.4) is 0 Å². The maximum absolute atomic E-state index is 12.3. The van der Waals surface area contributed by atoms with E-state index in [0.29, 0.717) is 0 Å². The molecule has 0 amide bonds. The Morgan fingerprint density at radius 2 is 1.90 bits per heavy atom. The van der Waals surface area contributed by atoms with Crippen molar-refractivity contribution in [3.05, 3.63) is 30.1 Å². The Morgan fingerprint density at radius 3 is 2.40 bits per heavy atom. The Morgan fingerprint density at radius 1 is 1.30 bits per heavy atom. The zero-order valence-corrected chi connectivity index (χ0v) is 8.15. The SMILES string of the molecule is Fc1ccc(SCI)cc1. The maximum Gasteiger partial charge on any atom is 0.123 e. The molecular formula is C7H6FIS. The van der Waals surface area contributed by atoms with Gasteiger partial charge in [0.15, 0.2) is 0 Å². The average molecular weight is 268 g/mol. The molecule has 0 aromatic heterocycles. The van der Waals surface area contributed by atoms with Crippen LogP contribution in [0.25, 0.3) is 0 Å². The smallest absolute Gasteiger partial charge is 0.123 e. The van der Waals surface area contributed by atoms with E-state index < -0.39 is 0 Å². The van der Waals surface area contributed by atoms with E-state index in [2.05, 4.69) is 22.6 Å². The van der Waals surface area contributed by atoms with Gasteiger partial charge in [-0.15, -0.1) is 11.8 Å². The first-order chi connectivity index (χ1) is 4.83. The lowest BCUT2D eigenvalue weighted by atomic mass is 10.4. The van der Waals surface area contributed by atoms with Crippen molar-refractivity contribution in [2.45, 2.75) is 4.90 Å². The number of thioether (sulfide) groups is 1. The Bertz CT molecular complexity index is 197. The first-order valence-corrected chi connectivity index (χ1v) is 5.28. The molecule has 54 valence electrons. The van der Waals surface area contributed by atoms with Gasteiger partial charge in [0.05, 0.1) is 3.76 Å². The van der Waals surface area contributed by atoms with Crippen LogP contribution < -0.4 is 0 Å². The lowest BCUT2D eigenvalue weighted by Crippen LogP contribution is -1.72. The van der Waals surface area contributed by atoms with Crippen molar-refractivity contribution in [3.63, 3.8) is 0 Å². The Kier molecular flexibility index (Phi) is 3.48. The fourth-order valence-corrected chi connectivity index (χ4v) is 2.13. The highest BCUT2D eigenvalue weighted by Crippen LogP contribution is 2.19. The minimum atomic E-state index is -0.169. The van der Waals surface area contributed by atoms with Gasteiger partial charge in [-0.25, -0.2) is 4.39 Å². The van der Waals surface area contributed by atoms with Crippen LogP contribution in [0, 0.1) is 5.82 Å².